The molecule has 60 valence electrons. The molecule has 6 heteroatoms. The summed E-state index contributed by atoms with van der Waals surface area (Å²) in [6.07, 6.45) is 0.0579. The van der Waals surface area contributed by atoms with Gasteiger partial charge in [-0.25, -0.2) is 0 Å². The van der Waals surface area contributed by atoms with Crippen LogP contribution in [0.3, 0.4) is 0 Å². The number of carbonyl (C=O) groups excluding carboxylic acids is 1. The molecular weight excluding hydrogens is 161 g/mol. The van der Waals surface area contributed by atoms with Crippen LogP contribution in [0.15, 0.2) is 0 Å². The number of hydrogen-bond acceptors (Lipinski definition) is 5. The van der Waals surface area contributed by atoms with Gasteiger partial charge in [-0.2, -0.15) is 0 Å². The largest absolute Gasteiger partial charge is 1.00 e. The predicted molar refractivity (Wildman–Crippen MR) is 29.1 cm³/mol. The number of carboxylic acid groups (broad SMARTS) is 1. The van der Waals surface area contributed by atoms with Crippen molar-refractivity contribution in [1.82, 2.24) is 5.23 Å². The van der Waals surface area contributed by atoms with Gasteiger partial charge in [0.15, 0.2) is 0 Å². The van der Waals surface area contributed by atoms with E-state index >= 15 is 0 Å². The quantitative estimate of drug-likeness (QED) is 0.334. The van der Waals surface area contributed by atoms with Gasteiger partial charge in [0.05, 0.1) is 5.97 Å². The van der Waals surface area contributed by atoms with E-state index in [2.05, 4.69) is 0 Å². The predicted octanol–water partition coefficient (Wildman–Crippen LogP) is -4.01. The van der Waals surface area contributed by atoms with Crippen molar-refractivity contribution in [1.29, 1.82) is 0 Å². The maximum Gasteiger partial charge on any atom is 1.00 e. The molecule has 0 fully saturated rings. The molecule has 0 amide bonds. The number of hydrogen-bond donors (Lipinski definition) is 2. The van der Waals surface area contributed by atoms with Crippen molar-refractivity contribution in [3.05, 3.63) is 0 Å². The number of nitrogens with zero attached hydrogens (tertiary/aromatic N) is 1. The van der Waals surface area contributed by atoms with Gasteiger partial charge in [0.2, 0.25) is 0 Å². The van der Waals surface area contributed by atoms with E-state index in [0.717, 1.165) is 6.92 Å². The van der Waals surface area contributed by atoms with Crippen molar-refractivity contribution in [3.8, 4) is 0 Å². The normalized spacial score (nSPS) is 15.4. The van der Waals surface area contributed by atoms with Gasteiger partial charge in [-0.05, 0) is 13.3 Å². The zero-order valence-corrected chi connectivity index (χ0v) is 8.87. The molecule has 11 heavy (non-hydrogen) atoms. The Morgan fingerprint density at radius 3 is 2.00 bits per heavy atom. The van der Waals surface area contributed by atoms with E-state index in [9.17, 15) is 9.90 Å². The minimum absolute atomic E-state index is 0. The second-order valence-electron chi connectivity index (χ2n) is 2.20. The van der Waals surface area contributed by atoms with Crippen LogP contribution in [0.4, 0.5) is 0 Å². The van der Waals surface area contributed by atoms with Gasteiger partial charge in [-0.15, -0.1) is 0 Å². The summed E-state index contributed by atoms with van der Waals surface area (Å²) in [5.41, 5.74) is -1.71. The Morgan fingerprint density at radius 1 is 1.64 bits per heavy atom. The van der Waals surface area contributed by atoms with Crippen molar-refractivity contribution in [3.63, 3.8) is 0 Å². The first-order chi connectivity index (χ1) is 4.45. The van der Waals surface area contributed by atoms with Crippen LogP contribution in [0.1, 0.15) is 20.3 Å². The SMILES string of the molecule is CCC(C)(C(=O)[O-])N(O)O.[Na+]. The van der Waals surface area contributed by atoms with E-state index in [0.29, 0.717) is 0 Å². The third-order valence-electron chi connectivity index (χ3n) is 1.57. The summed E-state index contributed by atoms with van der Waals surface area (Å²) < 4.78 is 0. The first-order valence-corrected chi connectivity index (χ1v) is 2.84. The molecule has 0 radical (unpaired) electrons. The standard InChI is InChI=1S/C5H11NO4.Na/c1-3-5(2,4(7)8)6(9)10;/h9-10H,3H2,1-2H3,(H,7,8);/q;+1/p-1. The first-order valence-electron chi connectivity index (χ1n) is 2.84. The molecule has 0 saturated heterocycles. The van der Waals surface area contributed by atoms with E-state index in [1.54, 1.807) is 0 Å². The topological polar surface area (TPSA) is 83.8 Å². The zero-order valence-electron chi connectivity index (χ0n) is 6.87. The fraction of sp³-hybridized carbons (Fsp3) is 0.800. The van der Waals surface area contributed by atoms with E-state index in [4.69, 9.17) is 10.4 Å². The minimum Gasteiger partial charge on any atom is -0.548 e. The van der Waals surface area contributed by atoms with E-state index in [1.807, 2.05) is 0 Å². The van der Waals surface area contributed by atoms with Gasteiger partial charge in [0.1, 0.15) is 5.54 Å². The van der Waals surface area contributed by atoms with Crippen LogP contribution in [-0.4, -0.2) is 27.1 Å². The van der Waals surface area contributed by atoms with Gasteiger partial charge < -0.3 is 9.90 Å². The first kappa shape index (κ1) is 13.9. The van der Waals surface area contributed by atoms with Gasteiger partial charge >= 0.3 is 29.6 Å². The molecule has 0 spiro atoms. The van der Waals surface area contributed by atoms with Crippen molar-refractivity contribution in [2.24, 2.45) is 0 Å². The molecule has 5 nitrogen and oxygen atoms in total. The fourth-order valence-electron chi connectivity index (χ4n) is 0.367. The number of carbonyl (C=O) groups is 1. The van der Waals surface area contributed by atoms with E-state index in [-0.39, 0.29) is 41.2 Å². The number of carboxylic acids is 1. The van der Waals surface area contributed by atoms with Gasteiger partial charge in [-0.3, -0.25) is 10.4 Å². The third-order valence-corrected chi connectivity index (χ3v) is 1.57. The molecule has 0 heterocycles. The van der Waals surface area contributed by atoms with Gasteiger partial charge in [-0.1, -0.05) is 12.2 Å². The Kier molecular flexibility index (Phi) is 6.42. The smallest absolute Gasteiger partial charge is 0.548 e. The Balaban J connectivity index is 0. The van der Waals surface area contributed by atoms with Crippen molar-refractivity contribution >= 4 is 5.97 Å². The van der Waals surface area contributed by atoms with Crippen LogP contribution in [0.5, 0.6) is 0 Å². The number of rotatable bonds is 3. The Bertz CT molecular complexity index is 140. The molecule has 0 aromatic heterocycles. The summed E-state index contributed by atoms with van der Waals surface area (Å²) in [6.45, 7) is 2.66. The fourth-order valence-corrected chi connectivity index (χ4v) is 0.367. The van der Waals surface area contributed by atoms with Crippen LogP contribution in [-0.2, 0) is 4.79 Å². The molecule has 0 aromatic rings. The maximum atomic E-state index is 10.2. The van der Waals surface area contributed by atoms with Crippen molar-refractivity contribution < 1.29 is 49.9 Å². The second kappa shape index (κ2) is 5.08. The molecule has 0 aliphatic carbocycles. The summed E-state index contributed by atoms with van der Waals surface area (Å²) in [4.78, 5) is 10.2. The average Bonchev–Trinajstić information content (AvgIpc) is 1.85. The molecule has 2 N–H and O–H groups in total. The molecular formula is C5H10NNaO4. The Morgan fingerprint density at radius 2 is 2.00 bits per heavy atom. The van der Waals surface area contributed by atoms with E-state index < -0.39 is 11.5 Å². The van der Waals surface area contributed by atoms with Gasteiger partial charge in [0.25, 0.3) is 0 Å². The monoisotopic (exact) mass is 171 g/mol. The van der Waals surface area contributed by atoms with Crippen LogP contribution in [0.2, 0.25) is 0 Å². The molecule has 0 aliphatic rings. The Hall–Kier alpha value is 0.350. The van der Waals surface area contributed by atoms with Crippen molar-refractivity contribution in [2.45, 2.75) is 25.8 Å². The maximum absolute atomic E-state index is 10.2. The summed E-state index contributed by atoms with van der Waals surface area (Å²) in [5, 5.41) is 26.7. The third kappa shape index (κ3) is 3.06. The minimum atomic E-state index is -1.71. The summed E-state index contributed by atoms with van der Waals surface area (Å²) >= 11 is 0. The molecule has 1 atom stereocenters. The molecule has 0 saturated carbocycles. The Labute approximate surface area is 86.8 Å². The van der Waals surface area contributed by atoms with Crippen LogP contribution >= 0.6 is 0 Å². The molecule has 0 bridgehead atoms. The van der Waals surface area contributed by atoms with Crippen molar-refractivity contribution in [2.75, 3.05) is 0 Å². The van der Waals surface area contributed by atoms with Gasteiger partial charge in [0, 0.05) is 0 Å². The summed E-state index contributed by atoms with van der Waals surface area (Å²) in [5.74, 6) is -1.51. The molecule has 0 rings (SSSR count). The zero-order chi connectivity index (χ0) is 8.36. The molecule has 0 aromatic carbocycles. The molecule has 1 unspecified atom stereocenters. The van der Waals surface area contributed by atoms with E-state index in [1.165, 1.54) is 6.92 Å². The average molecular weight is 171 g/mol. The molecule has 0 aliphatic heterocycles. The second-order valence-corrected chi connectivity index (χ2v) is 2.20. The summed E-state index contributed by atoms with van der Waals surface area (Å²) in [6, 6.07) is 0. The summed E-state index contributed by atoms with van der Waals surface area (Å²) in [7, 11) is 0. The number of hydroxylamine groups is 2. The number of aliphatic carboxylic acids is 1. The van der Waals surface area contributed by atoms with Crippen LogP contribution in [0.25, 0.3) is 0 Å². The van der Waals surface area contributed by atoms with Crippen LogP contribution < -0.4 is 34.7 Å². The van der Waals surface area contributed by atoms with Crippen LogP contribution in [0, 0.1) is 0 Å².